The summed E-state index contributed by atoms with van der Waals surface area (Å²) in [5.74, 6) is 0.210. The number of carbonyl (C=O) groups is 1. The van der Waals surface area contributed by atoms with Crippen LogP contribution in [0.5, 0.6) is 0 Å². The lowest BCUT2D eigenvalue weighted by atomic mass is 9.82. The first-order valence-corrected chi connectivity index (χ1v) is 7.82. The van der Waals surface area contributed by atoms with Crippen LogP contribution in [0, 0.1) is 5.41 Å². The highest BCUT2D eigenvalue weighted by molar-refractivity contribution is 5.96. The van der Waals surface area contributed by atoms with Gasteiger partial charge in [0.25, 0.3) is 0 Å². The molecule has 3 nitrogen and oxygen atoms in total. The molecule has 0 aliphatic heterocycles. The van der Waals surface area contributed by atoms with E-state index in [0.717, 1.165) is 43.6 Å². The Labute approximate surface area is 122 Å². The van der Waals surface area contributed by atoms with E-state index in [1.54, 1.807) is 0 Å². The summed E-state index contributed by atoms with van der Waals surface area (Å²) in [4.78, 5) is 12.7. The number of hydrogen-bond donors (Lipinski definition) is 2. The molecule has 0 spiro atoms. The molecule has 0 bridgehead atoms. The van der Waals surface area contributed by atoms with Gasteiger partial charge in [-0.1, -0.05) is 44.9 Å². The standard InChI is InChI=1S/C17H26N2O/c1-3-17(11-7-8-12-17)16(20)19-15-10-6-5-9-14(15)13-18-4-2/h5-6,9-10,18H,3-4,7-8,11-13H2,1-2H3,(H,19,20). The van der Waals surface area contributed by atoms with Crippen LogP contribution in [-0.2, 0) is 11.3 Å². The van der Waals surface area contributed by atoms with Crippen LogP contribution in [0.2, 0.25) is 0 Å². The molecule has 0 aromatic heterocycles. The number of rotatable bonds is 6. The number of amides is 1. The summed E-state index contributed by atoms with van der Waals surface area (Å²) in [5, 5.41) is 6.49. The van der Waals surface area contributed by atoms with E-state index in [1.807, 2.05) is 18.2 Å². The molecule has 1 aromatic carbocycles. The zero-order chi connectivity index (χ0) is 14.4. The highest BCUT2D eigenvalue weighted by Gasteiger charge is 2.39. The van der Waals surface area contributed by atoms with Crippen molar-refractivity contribution >= 4 is 11.6 Å². The molecule has 1 aliphatic carbocycles. The van der Waals surface area contributed by atoms with Gasteiger partial charge in [-0.3, -0.25) is 4.79 Å². The lowest BCUT2D eigenvalue weighted by molar-refractivity contribution is -0.125. The van der Waals surface area contributed by atoms with Gasteiger partial charge < -0.3 is 10.6 Å². The fourth-order valence-electron chi connectivity index (χ4n) is 3.10. The van der Waals surface area contributed by atoms with Crippen LogP contribution in [-0.4, -0.2) is 12.5 Å². The van der Waals surface area contributed by atoms with E-state index in [4.69, 9.17) is 0 Å². The highest BCUT2D eigenvalue weighted by atomic mass is 16.2. The molecule has 1 aromatic rings. The first-order valence-electron chi connectivity index (χ1n) is 7.82. The van der Waals surface area contributed by atoms with Gasteiger partial charge >= 0.3 is 0 Å². The summed E-state index contributed by atoms with van der Waals surface area (Å²) in [7, 11) is 0. The highest BCUT2D eigenvalue weighted by Crippen LogP contribution is 2.42. The molecule has 3 heteroatoms. The van der Waals surface area contributed by atoms with E-state index in [2.05, 4.69) is 30.5 Å². The molecule has 1 aliphatic rings. The topological polar surface area (TPSA) is 41.1 Å². The van der Waals surface area contributed by atoms with E-state index >= 15 is 0 Å². The maximum Gasteiger partial charge on any atom is 0.230 e. The second-order valence-corrected chi connectivity index (χ2v) is 5.73. The fraction of sp³-hybridized carbons (Fsp3) is 0.588. The third-order valence-electron chi connectivity index (χ3n) is 4.55. The van der Waals surface area contributed by atoms with Crippen molar-refractivity contribution in [2.75, 3.05) is 11.9 Å². The molecule has 0 atom stereocenters. The maximum absolute atomic E-state index is 12.7. The van der Waals surface area contributed by atoms with Crippen LogP contribution < -0.4 is 10.6 Å². The van der Waals surface area contributed by atoms with Crippen LogP contribution in [0.15, 0.2) is 24.3 Å². The first-order chi connectivity index (χ1) is 9.72. The van der Waals surface area contributed by atoms with Crippen molar-refractivity contribution in [2.45, 2.75) is 52.5 Å². The Balaban J connectivity index is 2.11. The van der Waals surface area contributed by atoms with E-state index in [1.165, 1.54) is 12.8 Å². The SMILES string of the molecule is CCNCc1ccccc1NC(=O)C1(CC)CCCC1. The summed E-state index contributed by atoms with van der Waals surface area (Å²) in [6.45, 7) is 5.95. The molecule has 0 heterocycles. The van der Waals surface area contributed by atoms with Crippen molar-refractivity contribution in [3.8, 4) is 0 Å². The number of hydrogen-bond acceptors (Lipinski definition) is 2. The Hall–Kier alpha value is -1.35. The Kier molecular flexibility index (Phi) is 5.18. The quantitative estimate of drug-likeness (QED) is 0.830. The van der Waals surface area contributed by atoms with E-state index < -0.39 is 0 Å². The molecule has 0 radical (unpaired) electrons. The minimum atomic E-state index is -0.134. The summed E-state index contributed by atoms with van der Waals surface area (Å²) < 4.78 is 0. The fourth-order valence-corrected chi connectivity index (χ4v) is 3.10. The molecule has 110 valence electrons. The van der Waals surface area contributed by atoms with Gasteiger partial charge in [0.1, 0.15) is 0 Å². The molecule has 0 saturated heterocycles. The number of benzene rings is 1. The van der Waals surface area contributed by atoms with Gasteiger partial charge in [-0.15, -0.1) is 0 Å². The second-order valence-electron chi connectivity index (χ2n) is 5.73. The first kappa shape index (κ1) is 15.0. The number of anilines is 1. The monoisotopic (exact) mass is 274 g/mol. The zero-order valence-electron chi connectivity index (χ0n) is 12.7. The van der Waals surface area contributed by atoms with Crippen LogP contribution in [0.3, 0.4) is 0 Å². The normalized spacial score (nSPS) is 17.1. The number of para-hydroxylation sites is 1. The molecule has 2 rings (SSSR count). The Morgan fingerprint density at radius 2 is 1.90 bits per heavy atom. The van der Waals surface area contributed by atoms with Crippen molar-refractivity contribution in [3.63, 3.8) is 0 Å². The third kappa shape index (κ3) is 3.21. The number of nitrogens with one attached hydrogen (secondary N) is 2. The van der Waals surface area contributed by atoms with Gasteiger partial charge in [0, 0.05) is 17.6 Å². The van der Waals surface area contributed by atoms with Gasteiger partial charge in [0.05, 0.1) is 0 Å². The minimum absolute atomic E-state index is 0.134. The predicted octanol–water partition coefficient (Wildman–Crippen LogP) is 3.71. The predicted molar refractivity (Wildman–Crippen MR) is 83.6 cm³/mol. The molecule has 0 unspecified atom stereocenters. The summed E-state index contributed by atoms with van der Waals surface area (Å²) in [6, 6.07) is 8.08. The molecular weight excluding hydrogens is 248 g/mol. The lowest BCUT2D eigenvalue weighted by Crippen LogP contribution is -2.33. The van der Waals surface area contributed by atoms with Crippen molar-refractivity contribution < 1.29 is 4.79 Å². The summed E-state index contributed by atoms with van der Waals surface area (Å²) >= 11 is 0. The van der Waals surface area contributed by atoms with E-state index in [9.17, 15) is 4.79 Å². The Bertz CT molecular complexity index is 450. The van der Waals surface area contributed by atoms with Gasteiger partial charge in [-0.25, -0.2) is 0 Å². The van der Waals surface area contributed by atoms with E-state index in [-0.39, 0.29) is 11.3 Å². The Morgan fingerprint density at radius 3 is 2.55 bits per heavy atom. The minimum Gasteiger partial charge on any atom is -0.325 e. The van der Waals surface area contributed by atoms with Crippen LogP contribution in [0.25, 0.3) is 0 Å². The molecule has 1 saturated carbocycles. The van der Waals surface area contributed by atoms with Gasteiger partial charge in [-0.2, -0.15) is 0 Å². The molecule has 1 amide bonds. The molecular formula is C17H26N2O. The molecule has 1 fully saturated rings. The second kappa shape index (κ2) is 6.89. The Morgan fingerprint density at radius 1 is 1.20 bits per heavy atom. The summed E-state index contributed by atoms with van der Waals surface area (Å²) in [6.07, 6.45) is 5.37. The van der Waals surface area contributed by atoms with Crippen LogP contribution >= 0.6 is 0 Å². The molecule has 2 N–H and O–H groups in total. The average molecular weight is 274 g/mol. The van der Waals surface area contributed by atoms with Crippen molar-refractivity contribution in [1.82, 2.24) is 5.32 Å². The zero-order valence-corrected chi connectivity index (χ0v) is 12.7. The van der Waals surface area contributed by atoms with Gasteiger partial charge in [0.15, 0.2) is 0 Å². The van der Waals surface area contributed by atoms with Crippen molar-refractivity contribution in [1.29, 1.82) is 0 Å². The molecule has 20 heavy (non-hydrogen) atoms. The lowest BCUT2D eigenvalue weighted by Gasteiger charge is -2.26. The van der Waals surface area contributed by atoms with Crippen molar-refractivity contribution in [3.05, 3.63) is 29.8 Å². The maximum atomic E-state index is 12.7. The summed E-state index contributed by atoms with van der Waals surface area (Å²) in [5.41, 5.74) is 1.98. The average Bonchev–Trinajstić information content (AvgIpc) is 2.96. The smallest absolute Gasteiger partial charge is 0.230 e. The van der Waals surface area contributed by atoms with Gasteiger partial charge in [0.2, 0.25) is 5.91 Å². The number of carbonyl (C=O) groups excluding carboxylic acids is 1. The van der Waals surface area contributed by atoms with E-state index in [0.29, 0.717) is 0 Å². The largest absolute Gasteiger partial charge is 0.325 e. The van der Waals surface area contributed by atoms with Crippen LogP contribution in [0.1, 0.15) is 51.5 Å². The van der Waals surface area contributed by atoms with Crippen LogP contribution in [0.4, 0.5) is 5.69 Å². The van der Waals surface area contributed by atoms with Crippen molar-refractivity contribution in [2.24, 2.45) is 5.41 Å². The third-order valence-corrected chi connectivity index (χ3v) is 4.55. The van der Waals surface area contributed by atoms with Gasteiger partial charge in [-0.05, 0) is 37.4 Å².